The maximum Gasteiger partial charge on any atom is 0.242 e. The number of hydrogen-bond acceptors (Lipinski definition) is 4. The van der Waals surface area contributed by atoms with Gasteiger partial charge in [0.15, 0.2) is 0 Å². The van der Waals surface area contributed by atoms with Gasteiger partial charge in [0.05, 0.1) is 19.2 Å². The van der Waals surface area contributed by atoms with Crippen molar-refractivity contribution in [2.75, 3.05) is 26.2 Å². The van der Waals surface area contributed by atoms with Gasteiger partial charge in [-0.05, 0) is 6.42 Å². The highest BCUT2D eigenvalue weighted by atomic mass is 16.3. The molecule has 0 aromatic rings. The average Bonchev–Trinajstić information content (AvgIpc) is 2.60. The van der Waals surface area contributed by atoms with Crippen LogP contribution in [0.3, 0.4) is 0 Å². The van der Waals surface area contributed by atoms with Crippen molar-refractivity contribution in [3.8, 4) is 0 Å². The normalized spacial score (nSPS) is 21.0. The van der Waals surface area contributed by atoms with Crippen LogP contribution < -0.4 is 11.1 Å². The van der Waals surface area contributed by atoms with Crippen LogP contribution >= 0.6 is 0 Å². The summed E-state index contributed by atoms with van der Waals surface area (Å²) in [5, 5.41) is 11.6. The van der Waals surface area contributed by atoms with Gasteiger partial charge in [-0.1, -0.05) is 0 Å². The second-order valence-corrected chi connectivity index (χ2v) is 3.26. The Hall–Kier alpha value is -1.14. The van der Waals surface area contributed by atoms with Crippen LogP contribution in [-0.4, -0.2) is 54.1 Å². The lowest BCUT2D eigenvalue weighted by Crippen LogP contribution is -2.41. The third-order valence-electron chi connectivity index (χ3n) is 2.14. The van der Waals surface area contributed by atoms with Gasteiger partial charge in [0.2, 0.25) is 11.8 Å². The molecule has 14 heavy (non-hydrogen) atoms. The fraction of sp³-hybridized carbons (Fsp3) is 0.750. The van der Waals surface area contributed by atoms with Crippen molar-refractivity contribution in [2.24, 2.45) is 5.73 Å². The van der Waals surface area contributed by atoms with Crippen molar-refractivity contribution < 1.29 is 14.7 Å². The lowest BCUT2D eigenvalue weighted by Gasteiger charge is -2.15. The van der Waals surface area contributed by atoms with Gasteiger partial charge in [-0.3, -0.25) is 9.59 Å². The number of carbonyl (C=O) groups is 2. The number of β-amino-alcohol motifs (C(OH)–C–C–N with tert-alkyl or cyclic N) is 1. The Morgan fingerprint density at radius 3 is 2.79 bits per heavy atom. The molecule has 0 unspecified atom stereocenters. The molecule has 0 saturated carbocycles. The zero-order valence-electron chi connectivity index (χ0n) is 7.90. The zero-order chi connectivity index (χ0) is 10.6. The van der Waals surface area contributed by atoms with Gasteiger partial charge in [-0.25, -0.2) is 0 Å². The van der Waals surface area contributed by atoms with Crippen molar-refractivity contribution in [3.63, 3.8) is 0 Å². The van der Waals surface area contributed by atoms with E-state index in [1.165, 1.54) is 4.90 Å². The molecule has 1 fully saturated rings. The van der Waals surface area contributed by atoms with Crippen molar-refractivity contribution in [1.82, 2.24) is 10.2 Å². The molecule has 1 aliphatic rings. The predicted octanol–water partition coefficient (Wildman–Crippen LogP) is -2.35. The summed E-state index contributed by atoms with van der Waals surface area (Å²) in [7, 11) is 0. The van der Waals surface area contributed by atoms with E-state index in [0.29, 0.717) is 19.5 Å². The lowest BCUT2D eigenvalue weighted by atomic mass is 10.3. The molecule has 0 bridgehead atoms. The second-order valence-electron chi connectivity index (χ2n) is 3.26. The molecular weight excluding hydrogens is 186 g/mol. The number of carbonyl (C=O) groups excluding carboxylic acids is 2. The molecule has 0 aromatic heterocycles. The van der Waals surface area contributed by atoms with E-state index in [0.717, 1.165) is 0 Å². The van der Waals surface area contributed by atoms with Crippen LogP contribution in [0.1, 0.15) is 6.42 Å². The highest BCUT2D eigenvalue weighted by molar-refractivity contribution is 5.85. The van der Waals surface area contributed by atoms with Crippen molar-refractivity contribution >= 4 is 11.8 Å². The maximum absolute atomic E-state index is 11.4. The first kappa shape index (κ1) is 10.9. The van der Waals surface area contributed by atoms with E-state index < -0.39 is 6.10 Å². The first-order chi connectivity index (χ1) is 6.63. The Bertz CT molecular complexity index is 232. The van der Waals surface area contributed by atoms with E-state index in [4.69, 9.17) is 5.73 Å². The van der Waals surface area contributed by atoms with Gasteiger partial charge >= 0.3 is 0 Å². The van der Waals surface area contributed by atoms with Crippen LogP contribution in [0.5, 0.6) is 0 Å². The molecular formula is C8H15N3O3. The SMILES string of the molecule is NCC(=O)NCC(=O)N1CC[C@@H](O)C1. The Labute approximate surface area is 82.1 Å². The maximum atomic E-state index is 11.4. The number of amides is 2. The van der Waals surface area contributed by atoms with E-state index >= 15 is 0 Å². The Kier molecular flexibility index (Phi) is 3.84. The van der Waals surface area contributed by atoms with Crippen molar-refractivity contribution in [2.45, 2.75) is 12.5 Å². The predicted molar refractivity (Wildman–Crippen MR) is 49.3 cm³/mol. The zero-order valence-corrected chi connectivity index (χ0v) is 7.90. The molecule has 1 atom stereocenters. The van der Waals surface area contributed by atoms with Crippen LogP contribution in [0.25, 0.3) is 0 Å². The first-order valence-corrected chi connectivity index (χ1v) is 4.56. The Morgan fingerprint density at radius 2 is 2.29 bits per heavy atom. The molecule has 1 rings (SSSR count). The molecule has 6 nitrogen and oxygen atoms in total. The topological polar surface area (TPSA) is 95.7 Å². The van der Waals surface area contributed by atoms with Gasteiger partial charge < -0.3 is 21.1 Å². The standard InChI is InChI=1S/C8H15N3O3/c9-3-7(13)10-4-8(14)11-2-1-6(12)5-11/h6,12H,1-5,9H2,(H,10,13)/t6-/m1/s1. The minimum atomic E-state index is -0.427. The van der Waals surface area contributed by atoms with Crippen LogP contribution in [-0.2, 0) is 9.59 Å². The molecule has 0 spiro atoms. The molecule has 1 aliphatic heterocycles. The van der Waals surface area contributed by atoms with Gasteiger partial charge in [0.1, 0.15) is 0 Å². The fourth-order valence-corrected chi connectivity index (χ4v) is 1.33. The first-order valence-electron chi connectivity index (χ1n) is 4.56. The highest BCUT2D eigenvalue weighted by Gasteiger charge is 2.24. The largest absolute Gasteiger partial charge is 0.391 e. The average molecular weight is 201 g/mol. The number of likely N-dealkylation sites (tertiary alicyclic amines) is 1. The number of nitrogens with zero attached hydrogens (tertiary/aromatic N) is 1. The fourth-order valence-electron chi connectivity index (χ4n) is 1.33. The second kappa shape index (κ2) is 4.92. The molecule has 0 aliphatic carbocycles. The summed E-state index contributed by atoms with van der Waals surface area (Å²) in [5.41, 5.74) is 5.06. The molecule has 1 heterocycles. The van der Waals surface area contributed by atoms with Crippen LogP contribution in [0.4, 0.5) is 0 Å². The molecule has 2 amide bonds. The van der Waals surface area contributed by atoms with Crippen LogP contribution in [0, 0.1) is 0 Å². The van der Waals surface area contributed by atoms with Crippen LogP contribution in [0.2, 0.25) is 0 Å². The summed E-state index contributed by atoms with van der Waals surface area (Å²) in [6.07, 6.45) is 0.181. The number of nitrogens with one attached hydrogen (secondary N) is 1. The minimum absolute atomic E-state index is 0.0389. The summed E-state index contributed by atoms with van der Waals surface area (Å²) in [5.74, 6) is -0.526. The third kappa shape index (κ3) is 2.97. The summed E-state index contributed by atoms with van der Waals surface area (Å²) in [6.45, 7) is 0.758. The monoisotopic (exact) mass is 201 g/mol. The molecule has 4 N–H and O–H groups in total. The van der Waals surface area contributed by atoms with Gasteiger partial charge in [-0.2, -0.15) is 0 Å². The van der Waals surface area contributed by atoms with E-state index in [2.05, 4.69) is 5.32 Å². The number of aliphatic hydroxyl groups is 1. The molecule has 6 heteroatoms. The molecule has 80 valence electrons. The van der Waals surface area contributed by atoms with Crippen molar-refractivity contribution in [3.05, 3.63) is 0 Å². The molecule has 0 radical (unpaired) electrons. The van der Waals surface area contributed by atoms with E-state index in [-0.39, 0.29) is 24.9 Å². The molecule has 1 saturated heterocycles. The number of hydrogen-bond donors (Lipinski definition) is 3. The molecule has 0 aromatic carbocycles. The van der Waals surface area contributed by atoms with E-state index in [1.807, 2.05) is 0 Å². The number of nitrogens with two attached hydrogens (primary N) is 1. The Balaban J connectivity index is 2.25. The summed E-state index contributed by atoms with van der Waals surface area (Å²) in [6, 6.07) is 0. The number of rotatable bonds is 3. The Morgan fingerprint density at radius 1 is 1.57 bits per heavy atom. The summed E-state index contributed by atoms with van der Waals surface area (Å²) >= 11 is 0. The summed E-state index contributed by atoms with van der Waals surface area (Å²) < 4.78 is 0. The van der Waals surface area contributed by atoms with Gasteiger partial charge in [0.25, 0.3) is 0 Å². The van der Waals surface area contributed by atoms with Gasteiger partial charge in [0, 0.05) is 13.1 Å². The quantitative estimate of drug-likeness (QED) is 0.476. The third-order valence-corrected chi connectivity index (χ3v) is 2.14. The highest BCUT2D eigenvalue weighted by Crippen LogP contribution is 2.07. The summed E-state index contributed by atoms with van der Waals surface area (Å²) in [4.78, 5) is 23.6. The lowest BCUT2D eigenvalue weighted by molar-refractivity contribution is -0.132. The van der Waals surface area contributed by atoms with Gasteiger partial charge in [-0.15, -0.1) is 0 Å². The van der Waals surface area contributed by atoms with Crippen molar-refractivity contribution in [1.29, 1.82) is 0 Å². The van der Waals surface area contributed by atoms with E-state index in [9.17, 15) is 14.7 Å². The van der Waals surface area contributed by atoms with E-state index in [1.54, 1.807) is 0 Å². The smallest absolute Gasteiger partial charge is 0.242 e. The number of aliphatic hydroxyl groups excluding tert-OH is 1. The van der Waals surface area contributed by atoms with Crippen LogP contribution in [0.15, 0.2) is 0 Å². The minimum Gasteiger partial charge on any atom is -0.391 e.